The molecule has 0 aliphatic carbocycles. The van der Waals surface area contributed by atoms with Gasteiger partial charge in [0.15, 0.2) is 0 Å². The summed E-state index contributed by atoms with van der Waals surface area (Å²) < 4.78 is 10.9. The van der Waals surface area contributed by atoms with Crippen molar-refractivity contribution in [3.05, 3.63) is 0 Å². The van der Waals surface area contributed by atoms with Crippen molar-refractivity contribution in [2.24, 2.45) is 0 Å². The van der Waals surface area contributed by atoms with Gasteiger partial charge in [-0.05, 0) is 6.42 Å². The van der Waals surface area contributed by atoms with E-state index in [1.165, 1.54) is 6.92 Å². The van der Waals surface area contributed by atoms with Crippen LogP contribution in [0.15, 0.2) is 0 Å². The Hall–Kier alpha value is 0.130. The zero-order chi connectivity index (χ0) is 11.1. The summed E-state index contributed by atoms with van der Waals surface area (Å²) in [6.07, 6.45) is -0.219. The predicted octanol–water partition coefficient (Wildman–Crippen LogP) is -1.17. The van der Waals surface area contributed by atoms with E-state index in [0.717, 1.165) is 0 Å². The Labute approximate surface area is 111 Å². The molecule has 8 heteroatoms. The van der Waals surface area contributed by atoms with Gasteiger partial charge in [0.1, 0.15) is 13.8 Å². The molecule has 0 bridgehead atoms. The van der Waals surface area contributed by atoms with Gasteiger partial charge in [0.25, 0.3) is 0 Å². The van der Waals surface area contributed by atoms with Crippen LogP contribution in [0.2, 0.25) is 0 Å². The number of amides is 1. The molecule has 0 aliphatic rings. The van der Waals surface area contributed by atoms with E-state index in [1.807, 2.05) is 0 Å². The fourth-order valence-electron chi connectivity index (χ4n) is 0.887. The first kappa shape index (κ1) is 17.5. The number of aliphatic carboxylic acids is 1. The van der Waals surface area contributed by atoms with Gasteiger partial charge >= 0.3 is 35.5 Å². The topological polar surface area (TPSA) is 104 Å². The molecule has 0 spiro atoms. The van der Waals surface area contributed by atoms with Gasteiger partial charge in [0.05, 0.1) is 6.35 Å². The fourth-order valence-corrected chi connectivity index (χ4v) is 1.66. The average Bonchev–Trinajstić information content (AvgIpc) is 2.10. The molecule has 0 saturated carbocycles. The number of carbonyl (C=O) groups is 2. The first-order valence-corrected chi connectivity index (χ1v) is 5.92. The number of aliphatic hydroxyl groups is 1. The van der Waals surface area contributed by atoms with E-state index in [2.05, 4.69) is 5.32 Å². The Morgan fingerprint density at radius 3 is 2.33 bits per heavy atom. The van der Waals surface area contributed by atoms with E-state index >= 15 is 0 Å². The van der Waals surface area contributed by atoms with E-state index in [9.17, 15) is 14.2 Å². The number of nitrogens with one attached hydrogen (secondary N) is 1. The summed E-state index contributed by atoms with van der Waals surface area (Å²) in [7, 11) is -2.10. The number of carboxylic acids is 1. The van der Waals surface area contributed by atoms with Crippen LogP contribution in [0, 0.1) is 0 Å². The second kappa shape index (κ2) is 9.36. The van der Waals surface area contributed by atoms with Crippen molar-refractivity contribution in [1.82, 2.24) is 5.32 Å². The molecule has 2 atom stereocenters. The molecule has 2 unspecified atom stereocenters. The van der Waals surface area contributed by atoms with E-state index in [-0.39, 0.29) is 42.1 Å². The Morgan fingerprint density at radius 2 is 2.00 bits per heavy atom. The molecule has 6 nitrogen and oxygen atoms in total. The number of carbonyl (C=O) groups excluding carboxylic acids is 1. The van der Waals surface area contributed by atoms with E-state index in [0.29, 0.717) is 0 Å². The van der Waals surface area contributed by atoms with Crippen LogP contribution in [0.5, 0.6) is 0 Å². The van der Waals surface area contributed by atoms with Crippen LogP contribution in [0.4, 0.5) is 0 Å². The maximum atomic E-state index is 10.9. The molecular weight excluding hydrogens is 232 g/mol. The van der Waals surface area contributed by atoms with Crippen molar-refractivity contribution in [1.29, 1.82) is 0 Å². The van der Waals surface area contributed by atoms with Gasteiger partial charge in [0, 0.05) is 13.1 Å². The molecule has 0 aromatic carbocycles. The van der Waals surface area contributed by atoms with E-state index < -0.39 is 32.1 Å². The molecule has 0 rings (SSSR count). The minimum absolute atomic E-state index is 0. The van der Waals surface area contributed by atoms with Gasteiger partial charge in [-0.3, -0.25) is 4.79 Å². The number of hydrogen-bond donors (Lipinski definition) is 3. The molecule has 0 aromatic rings. The van der Waals surface area contributed by atoms with Crippen molar-refractivity contribution >= 4 is 49.2 Å². The molecule has 0 saturated heterocycles. The van der Waals surface area contributed by atoms with Crippen LogP contribution in [0.25, 0.3) is 0 Å². The van der Waals surface area contributed by atoms with Crippen LogP contribution < -0.4 is 5.32 Å². The normalized spacial score (nSPS) is 13.5. The van der Waals surface area contributed by atoms with Crippen LogP contribution in [-0.2, 0) is 14.2 Å². The van der Waals surface area contributed by atoms with Crippen molar-refractivity contribution in [3.63, 3.8) is 0 Å². The third-order valence-electron chi connectivity index (χ3n) is 1.56. The van der Waals surface area contributed by atoms with Gasteiger partial charge in [-0.1, -0.05) is 0 Å². The van der Waals surface area contributed by atoms with Crippen molar-refractivity contribution in [2.75, 3.05) is 12.5 Å². The number of rotatable bonds is 6. The minimum atomic E-state index is -2.10. The van der Waals surface area contributed by atoms with Crippen LogP contribution >= 0.6 is 7.80 Å². The van der Waals surface area contributed by atoms with Gasteiger partial charge in [-0.2, -0.15) is 0 Å². The summed E-state index contributed by atoms with van der Waals surface area (Å²) >= 11 is 0. The van der Waals surface area contributed by atoms with Crippen molar-refractivity contribution < 1.29 is 24.4 Å². The molecule has 15 heavy (non-hydrogen) atoms. The van der Waals surface area contributed by atoms with Gasteiger partial charge in [-0.15, -0.1) is 0 Å². The second-order valence-corrected chi connectivity index (χ2v) is 4.72. The van der Waals surface area contributed by atoms with Crippen molar-refractivity contribution in [2.45, 2.75) is 19.4 Å². The molecule has 0 radical (unpaired) electrons. The standard InChI is InChI=1S/C7H14NO5P.Na.H/c1-5(10)8-6(7(11)12)2-3-14(13)4-9;;/h6,9,14H,2-4H2,1H3,(H,8,10)(H,11,12);;. The first-order valence-electron chi connectivity index (χ1n) is 4.09. The first-order chi connectivity index (χ1) is 6.47. The van der Waals surface area contributed by atoms with E-state index in [4.69, 9.17) is 10.2 Å². The number of carboxylic acid groups (broad SMARTS) is 1. The predicted molar refractivity (Wildman–Crippen MR) is 58.0 cm³/mol. The molecule has 0 fully saturated rings. The summed E-state index contributed by atoms with van der Waals surface area (Å²) in [5.41, 5.74) is 0. The fraction of sp³-hybridized carbons (Fsp3) is 0.714. The molecule has 0 aromatic heterocycles. The Balaban J connectivity index is 0. The summed E-state index contributed by atoms with van der Waals surface area (Å²) in [6.45, 7) is 1.21. The molecule has 84 valence electrons. The van der Waals surface area contributed by atoms with Crippen LogP contribution in [-0.4, -0.2) is 70.2 Å². The Morgan fingerprint density at radius 1 is 1.47 bits per heavy atom. The van der Waals surface area contributed by atoms with Crippen molar-refractivity contribution in [3.8, 4) is 0 Å². The average molecular weight is 247 g/mol. The quantitative estimate of drug-likeness (QED) is 0.405. The monoisotopic (exact) mass is 247 g/mol. The summed E-state index contributed by atoms with van der Waals surface area (Å²) in [5.74, 6) is -1.60. The Bertz CT molecular complexity index is 248. The van der Waals surface area contributed by atoms with E-state index in [1.54, 1.807) is 0 Å². The van der Waals surface area contributed by atoms with Crippen LogP contribution in [0.1, 0.15) is 13.3 Å². The van der Waals surface area contributed by atoms with Gasteiger partial charge in [-0.25, -0.2) is 4.79 Å². The maximum absolute atomic E-state index is 10.9. The van der Waals surface area contributed by atoms with Gasteiger partial charge < -0.3 is 20.1 Å². The summed E-state index contributed by atoms with van der Waals surface area (Å²) in [5, 5.41) is 19.3. The number of hydrogen-bond acceptors (Lipinski definition) is 4. The third-order valence-corrected chi connectivity index (χ3v) is 2.76. The number of aliphatic hydroxyl groups excluding tert-OH is 1. The molecule has 3 N–H and O–H groups in total. The Kier molecular flexibility index (Phi) is 10.9. The zero-order valence-electron chi connectivity index (χ0n) is 7.82. The summed E-state index contributed by atoms with van der Waals surface area (Å²) in [4.78, 5) is 21.1. The second-order valence-electron chi connectivity index (χ2n) is 2.83. The molecule has 0 aliphatic heterocycles. The zero-order valence-corrected chi connectivity index (χ0v) is 8.82. The SMILES string of the molecule is CC(=O)NC(CC[PH](=O)CO)C(=O)O.[NaH]. The summed E-state index contributed by atoms with van der Waals surface area (Å²) in [6, 6.07) is -1.02. The van der Waals surface area contributed by atoms with Gasteiger partial charge in [0.2, 0.25) is 5.91 Å². The van der Waals surface area contributed by atoms with Crippen LogP contribution in [0.3, 0.4) is 0 Å². The molecule has 0 heterocycles. The third kappa shape index (κ3) is 9.08. The molecular formula is C7H15NNaO5P. The molecule has 1 amide bonds.